The maximum Gasteiger partial charge on any atom is 0.189 e. The van der Waals surface area contributed by atoms with Gasteiger partial charge in [0.05, 0.1) is 19.8 Å². The van der Waals surface area contributed by atoms with E-state index in [0.717, 1.165) is 5.56 Å². The van der Waals surface area contributed by atoms with Crippen molar-refractivity contribution in [1.82, 2.24) is 9.80 Å². The number of halogens is 2. The fourth-order valence-electron chi connectivity index (χ4n) is 3.06. The number of rotatable bonds is 11. The molecule has 3 rings (SSSR count). The first-order valence-corrected chi connectivity index (χ1v) is 9.86. The first kappa shape index (κ1) is 24.0. The molecule has 1 aliphatic heterocycles. The Morgan fingerprint density at radius 3 is 2.53 bits per heavy atom. The standard InChI is InChI=1S/C23H25ClN2O3.BrH/c1-2-14-28-23(21-10-6-7-11-22(21)24)16-26-13-12-25(18-26)15-19(27)17-29-20-8-4-3-5-9-20;/h2-13,23H,1,14-18H2;1H. The Bertz CT molecular complexity index is 847. The molecule has 0 bridgehead atoms. The SMILES string of the molecule is Br.C=CCOC(CN1C=CN(CC(=O)COc2ccccc2)C1)c1ccccc1Cl. The van der Waals surface area contributed by atoms with Crippen molar-refractivity contribution in [3.63, 3.8) is 0 Å². The molecule has 0 aromatic heterocycles. The highest BCUT2D eigenvalue weighted by molar-refractivity contribution is 8.93. The molecular formula is C23H26BrClN2O3. The van der Waals surface area contributed by atoms with Crippen LogP contribution in [0.25, 0.3) is 0 Å². The van der Waals surface area contributed by atoms with Gasteiger partial charge in [0.1, 0.15) is 18.5 Å². The molecule has 5 nitrogen and oxygen atoms in total. The van der Waals surface area contributed by atoms with Gasteiger partial charge in [0.25, 0.3) is 0 Å². The summed E-state index contributed by atoms with van der Waals surface area (Å²) < 4.78 is 11.5. The summed E-state index contributed by atoms with van der Waals surface area (Å²) in [5.74, 6) is 0.715. The van der Waals surface area contributed by atoms with Crippen molar-refractivity contribution in [3.8, 4) is 5.75 Å². The Labute approximate surface area is 193 Å². The third-order valence-corrected chi connectivity index (χ3v) is 4.79. The molecule has 0 amide bonds. The number of Topliss-reactive ketones (excluding diaryl/α,β-unsaturated/α-hetero) is 1. The molecule has 160 valence electrons. The Hall–Kier alpha value is -2.28. The number of carbonyl (C=O) groups is 1. The molecule has 2 aromatic carbocycles. The Morgan fingerprint density at radius 1 is 1.10 bits per heavy atom. The largest absolute Gasteiger partial charge is 0.486 e. The van der Waals surface area contributed by atoms with Crippen molar-refractivity contribution in [1.29, 1.82) is 0 Å². The monoisotopic (exact) mass is 492 g/mol. The summed E-state index contributed by atoms with van der Waals surface area (Å²) in [6.45, 7) is 5.74. The van der Waals surface area contributed by atoms with Gasteiger partial charge in [-0.25, -0.2) is 0 Å². The minimum atomic E-state index is -0.191. The van der Waals surface area contributed by atoms with E-state index in [0.29, 0.717) is 37.1 Å². The molecule has 1 unspecified atom stereocenters. The van der Waals surface area contributed by atoms with Crippen molar-refractivity contribution < 1.29 is 14.3 Å². The average molecular weight is 494 g/mol. The third kappa shape index (κ3) is 7.20. The average Bonchev–Trinajstić information content (AvgIpc) is 3.17. The van der Waals surface area contributed by atoms with Gasteiger partial charge in [-0.3, -0.25) is 4.79 Å². The van der Waals surface area contributed by atoms with Gasteiger partial charge in [0.15, 0.2) is 5.78 Å². The highest BCUT2D eigenvalue weighted by atomic mass is 79.9. The first-order chi connectivity index (χ1) is 14.2. The van der Waals surface area contributed by atoms with Gasteiger partial charge < -0.3 is 19.3 Å². The van der Waals surface area contributed by atoms with E-state index in [1.54, 1.807) is 6.08 Å². The first-order valence-electron chi connectivity index (χ1n) is 9.48. The molecule has 2 aromatic rings. The van der Waals surface area contributed by atoms with Crippen LogP contribution in [0.4, 0.5) is 0 Å². The lowest BCUT2D eigenvalue weighted by molar-refractivity contribution is -0.121. The molecule has 1 atom stereocenters. The van der Waals surface area contributed by atoms with Gasteiger partial charge in [0.2, 0.25) is 0 Å². The number of benzene rings is 2. The van der Waals surface area contributed by atoms with Crippen LogP contribution in [0, 0.1) is 0 Å². The minimum Gasteiger partial charge on any atom is -0.486 e. The van der Waals surface area contributed by atoms with Gasteiger partial charge >= 0.3 is 0 Å². The van der Waals surface area contributed by atoms with E-state index >= 15 is 0 Å². The molecule has 7 heteroatoms. The minimum absolute atomic E-state index is 0. The number of ether oxygens (including phenoxy) is 2. The van der Waals surface area contributed by atoms with Crippen LogP contribution in [-0.2, 0) is 9.53 Å². The maximum atomic E-state index is 12.2. The van der Waals surface area contributed by atoms with Crippen LogP contribution in [0.1, 0.15) is 11.7 Å². The van der Waals surface area contributed by atoms with Crippen LogP contribution in [0.15, 0.2) is 79.7 Å². The zero-order valence-electron chi connectivity index (χ0n) is 16.7. The van der Waals surface area contributed by atoms with Crippen LogP contribution in [0.3, 0.4) is 0 Å². The smallest absolute Gasteiger partial charge is 0.189 e. The lowest BCUT2D eigenvalue weighted by Gasteiger charge is -2.26. The highest BCUT2D eigenvalue weighted by Gasteiger charge is 2.22. The second-order valence-electron chi connectivity index (χ2n) is 6.73. The predicted molar refractivity (Wildman–Crippen MR) is 125 cm³/mol. The lowest BCUT2D eigenvalue weighted by atomic mass is 10.1. The van der Waals surface area contributed by atoms with Gasteiger partial charge in [0, 0.05) is 29.5 Å². The van der Waals surface area contributed by atoms with Gasteiger partial charge in [-0.05, 0) is 18.2 Å². The Kier molecular flexibility index (Phi) is 9.94. The van der Waals surface area contributed by atoms with E-state index in [-0.39, 0.29) is 35.5 Å². The Balaban J connectivity index is 0.00000320. The quantitative estimate of drug-likeness (QED) is 0.418. The van der Waals surface area contributed by atoms with Gasteiger partial charge in [-0.1, -0.05) is 54.1 Å². The summed E-state index contributed by atoms with van der Waals surface area (Å²) in [7, 11) is 0. The molecule has 0 fully saturated rings. The molecule has 0 spiro atoms. The zero-order chi connectivity index (χ0) is 20.5. The summed E-state index contributed by atoms with van der Waals surface area (Å²) in [6.07, 6.45) is 5.41. The number of hydrogen-bond acceptors (Lipinski definition) is 5. The molecule has 30 heavy (non-hydrogen) atoms. The Morgan fingerprint density at radius 2 is 1.80 bits per heavy atom. The highest BCUT2D eigenvalue weighted by Crippen LogP contribution is 2.27. The van der Waals surface area contributed by atoms with Crippen molar-refractivity contribution in [2.45, 2.75) is 6.10 Å². The summed E-state index contributed by atoms with van der Waals surface area (Å²) >= 11 is 6.35. The number of para-hydroxylation sites is 1. The number of hydrogen-bond donors (Lipinski definition) is 0. The van der Waals surface area contributed by atoms with Crippen LogP contribution in [-0.4, -0.2) is 48.6 Å². The topological polar surface area (TPSA) is 42.0 Å². The normalized spacial score (nSPS) is 13.6. The number of carbonyl (C=O) groups excluding carboxylic acids is 1. The lowest BCUT2D eigenvalue weighted by Crippen LogP contribution is -2.33. The molecule has 0 N–H and O–H groups in total. The van der Waals surface area contributed by atoms with Crippen LogP contribution >= 0.6 is 28.6 Å². The van der Waals surface area contributed by atoms with Crippen molar-refractivity contribution >= 4 is 34.4 Å². The number of ketones is 1. The molecular weight excluding hydrogens is 468 g/mol. The van der Waals surface area contributed by atoms with Crippen LogP contribution in [0.5, 0.6) is 5.75 Å². The van der Waals surface area contributed by atoms with Crippen LogP contribution < -0.4 is 4.74 Å². The molecule has 0 radical (unpaired) electrons. The van der Waals surface area contributed by atoms with E-state index in [1.165, 1.54) is 0 Å². The van der Waals surface area contributed by atoms with Gasteiger partial charge in [-0.2, -0.15) is 0 Å². The summed E-state index contributed by atoms with van der Waals surface area (Å²) in [6, 6.07) is 17.0. The molecule has 0 aliphatic carbocycles. The summed E-state index contributed by atoms with van der Waals surface area (Å²) in [4.78, 5) is 16.3. The maximum absolute atomic E-state index is 12.2. The second kappa shape index (κ2) is 12.4. The van der Waals surface area contributed by atoms with Crippen molar-refractivity contribution in [2.75, 3.05) is 33.0 Å². The molecule has 1 aliphatic rings. The van der Waals surface area contributed by atoms with Crippen molar-refractivity contribution in [2.24, 2.45) is 0 Å². The third-order valence-electron chi connectivity index (χ3n) is 4.44. The molecule has 0 saturated heterocycles. The van der Waals surface area contributed by atoms with E-state index in [1.807, 2.05) is 71.9 Å². The van der Waals surface area contributed by atoms with E-state index in [2.05, 4.69) is 11.5 Å². The van der Waals surface area contributed by atoms with Gasteiger partial charge in [-0.15, -0.1) is 23.6 Å². The van der Waals surface area contributed by atoms with Crippen molar-refractivity contribution in [3.05, 3.63) is 90.2 Å². The molecule has 0 saturated carbocycles. The number of nitrogens with zero attached hydrogens (tertiary/aromatic N) is 2. The summed E-state index contributed by atoms with van der Waals surface area (Å²) in [5.41, 5.74) is 0.940. The second-order valence-corrected chi connectivity index (χ2v) is 7.14. The molecule has 1 heterocycles. The fraction of sp³-hybridized carbons (Fsp3) is 0.261. The summed E-state index contributed by atoms with van der Waals surface area (Å²) in [5, 5.41) is 0.676. The predicted octanol–water partition coefficient (Wildman–Crippen LogP) is 4.86. The zero-order valence-corrected chi connectivity index (χ0v) is 19.1. The van der Waals surface area contributed by atoms with E-state index < -0.39 is 0 Å². The van der Waals surface area contributed by atoms with E-state index in [4.69, 9.17) is 21.1 Å². The fourth-order valence-corrected chi connectivity index (χ4v) is 3.32. The van der Waals surface area contributed by atoms with Crippen LogP contribution in [0.2, 0.25) is 5.02 Å². The van der Waals surface area contributed by atoms with E-state index in [9.17, 15) is 4.79 Å².